The molecule has 18 heavy (non-hydrogen) atoms. The average molecular weight is 238 g/mol. The van der Waals surface area contributed by atoms with Gasteiger partial charge in [-0.1, -0.05) is 24.3 Å². The van der Waals surface area contributed by atoms with Gasteiger partial charge < -0.3 is 4.98 Å². The van der Waals surface area contributed by atoms with Crippen molar-refractivity contribution in [1.82, 2.24) is 4.98 Å². The lowest BCUT2D eigenvalue weighted by Crippen LogP contribution is -1.90. The fourth-order valence-electron chi connectivity index (χ4n) is 2.36. The lowest BCUT2D eigenvalue weighted by molar-refractivity contribution is 0.626. The van der Waals surface area contributed by atoms with Crippen LogP contribution in [0.4, 0.5) is 4.39 Å². The minimum Gasteiger partial charge on any atom is -0.358 e. The molecule has 89 valence electrons. The first-order valence-electron chi connectivity index (χ1n) is 5.96. The van der Waals surface area contributed by atoms with E-state index in [-0.39, 0.29) is 5.82 Å². The molecule has 1 heterocycles. The number of H-pyrrole nitrogens is 1. The highest BCUT2D eigenvalue weighted by Gasteiger charge is 2.08. The van der Waals surface area contributed by atoms with Gasteiger partial charge in [-0.25, -0.2) is 4.39 Å². The SMILES string of the molecule is Cc1[nH]c2c[c]ccc2c1Cc1cccc(F)c1. The summed E-state index contributed by atoms with van der Waals surface area (Å²) in [5, 5.41) is 1.19. The van der Waals surface area contributed by atoms with E-state index in [1.165, 1.54) is 17.0 Å². The molecule has 0 atom stereocenters. The minimum absolute atomic E-state index is 0.182. The van der Waals surface area contributed by atoms with E-state index in [1.807, 2.05) is 24.3 Å². The number of benzene rings is 2. The van der Waals surface area contributed by atoms with Gasteiger partial charge in [0.05, 0.1) is 0 Å². The Kier molecular flexibility index (Phi) is 2.63. The minimum atomic E-state index is -0.182. The van der Waals surface area contributed by atoms with Crippen molar-refractivity contribution in [3.63, 3.8) is 0 Å². The van der Waals surface area contributed by atoms with Crippen molar-refractivity contribution in [2.24, 2.45) is 0 Å². The topological polar surface area (TPSA) is 15.8 Å². The van der Waals surface area contributed by atoms with Gasteiger partial charge in [-0.05, 0) is 48.7 Å². The van der Waals surface area contributed by atoms with Gasteiger partial charge in [0, 0.05) is 16.6 Å². The van der Waals surface area contributed by atoms with E-state index in [1.54, 1.807) is 12.1 Å². The molecule has 1 aromatic heterocycles. The molecule has 0 saturated carbocycles. The van der Waals surface area contributed by atoms with Gasteiger partial charge in [-0.3, -0.25) is 0 Å². The van der Waals surface area contributed by atoms with Crippen molar-refractivity contribution >= 4 is 10.9 Å². The summed E-state index contributed by atoms with van der Waals surface area (Å²) in [4.78, 5) is 3.34. The van der Waals surface area contributed by atoms with Gasteiger partial charge in [-0.15, -0.1) is 0 Å². The maximum Gasteiger partial charge on any atom is 0.123 e. The number of aromatic amines is 1. The van der Waals surface area contributed by atoms with Crippen LogP contribution in [0, 0.1) is 18.8 Å². The summed E-state index contributed by atoms with van der Waals surface area (Å²) in [6.45, 7) is 2.05. The van der Waals surface area contributed by atoms with Gasteiger partial charge in [0.25, 0.3) is 0 Å². The monoisotopic (exact) mass is 238 g/mol. The molecule has 1 radical (unpaired) electrons. The van der Waals surface area contributed by atoms with Crippen LogP contribution in [0.1, 0.15) is 16.8 Å². The summed E-state index contributed by atoms with van der Waals surface area (Å²) in [7, 11) is 0. The number of halogens is 1. The predicted octanol–water partition coefficient (Wildman–Crippen LogP) is 4.01. The number of hydrogen-bond donors (Lipinski definition) is 1. The molecule has 0 aliphatic carbocycles. The maximum atomic E-state index is 13.2. The highest BCUT2D eigenvalue weighted by atomic mass is 19.1. The molecule has 1 nitrogen and oxygen atoms in total. The normalized spacial score (nSPS) is 11.0. The number of aryl methyl sites for hydroxylation is 1. The molecule has 0 saturated heterocycles. The Morgan fingerprint density at radius 2 is 2.17 bits per heavy atom. The molecule has 0 spiro atoms. The summed E-state index contributed by atoms with van der Waals surface area (Å²) in [5.74, 6) is -0.182. The van der Waals surface area contributed by atoms with E-state index >= 15 is 0 Å². The van der Waals surface area contributed by atoms with Crippen LogP contribution < -0.4 is 0 Å². The summed E-state index contributed by atoms with van der Waals surface area (Å²) in [6, 6.07) is 15.7. The van der Waals surface area contributed by atoms with Gasteiger partial charge in [-0.2, -0.15) is 0 Å². The highest BCUT2D eigenvalue weighted by molar-refractivity contribution is 5.84. The number of fused-ring (bicyclic) bond motifs is 1. The van der Waals surface area contributed by atoms with Crippen LogP contribution in [-0.4, -0.2) is 4.98 Å². The zero-order chi connectivity index (χ0) is 12.5. The van der Waals surface area contributed by atoms with E-state index in [9.17, 15) is 4.39 Å². The number of rotatable bonds is 2. The molecule has 0 unspecified atom stereocenters. The third-order valence-electron chi connectivity index (χ3n) is 3.23. The van der Waals surface area contributed by atoms with Crippen LogP contribution in [0.5, 0.6) is 0 Å². The zero-order valence-corrected chi connectivity index (χ0v) is 10.1. The molecule has 0 fully saturated rings. The molecule has 2 aromatic carbocycles. The van der Waals surface area contributed by atoms with Crippen LogP contribution in [0.25, 0.3) is 10.9 Å². The van der Waals surface area contributed by atoms with E-state index in [0.717, 1.165) is 23.2 Å². The summed E-state index contributed by atoms with van der Waals surface area (Å²) in [6.07, 6.45) is 0.744. The number of nitrogens with one attached hydrogen (secondary N) is 1. The average Bonchev–Trinajstić information content (AvgIpc) is 2.66. The quantitative estimate of drug-likeness (QED) is 0.694. The van der Waals surface area contributed by atoms with E-state index in [2.05, 4.69) is 18.0 Å². The molecule has 0 bridgehead atoms. The highest BCUT2D eigenvalue weighted by Crippen LogP contribution is 2.24. The van der Waals surface area contributed by atoms with Crippen LogP contribution >= 0.6 is 0 Å². The van der Waals surface area contributed by atoms with Gasteiger partial charge in [0.2, 0.25) is 0 Å². The molecule has 0 aliphatic heterocycles. The molecule has 1 N–H and O–H groups in total. The second kappa shape index (κ2) is 4.30. The Morgan fingerprint density at radius 3 is 3.00 bits per heavy atom. The van der Waals surface area contributed by atoms with Gasteiger partial charge in [0.1, 0.15) is 5.82 Å². The second-order valence-electron chi connectivity index (χ2n) is 4.51. The van der Waals surface area contributed by atoms with Crippen LogP contribution in [0.2, 0.25) is 0 Å². The fraction of sp³-hybridized carbons (Fsp3) is 0.125. The first-order valence-corrected chi connectivity index (χ1v) is 5.96. The van der Waals surface area contributed by atoms with Crippen LogP contribution in [0.15, 0.2) is 42.5 Å². The molecule has 3 aromatic rings. The molecule has 3 rings (SSSR count). The third-order valence-corrected chi connectivity index (χ3v) is 3.23. The molecule has 2 heteroatoms. The van der Waals surface area contributed by atoms with E-state index in [4.69, 9.17) is 0 Å². The van der Waals surface area contributed by atoms with Gasteiger partial charge >= 0.3 is 0 Å². The first kappa shape index (κ1) is 11.0. The van der Waals surface area contributed by atoms with Crippen molar-refractivity contribution in [3.05, 3.63) is 71.2 Å². The van der Waals surface area contributed by atoms with Crippen LogP contribution in [0.3, 0.4) is 0 Å². The lowest BCUT2D eigenvalue weighted by atomic mass is 10.0. The maximum absolute atomic E-state index is 13.2. The molecule has 0 amide bonds. The second-order valence-corrected chi connectivity index (χ2v) is 4.51. The number of hydrogen-bond acceptors (Lipinski definition) is 0. The lowest BCUT2D eigenvalue weighted by Gasteiger charge is -2.02. The van der Waals surface area contributed by atoms with E-state index < -0.39 is 0 Å². The van der Waals surface area contributed by atoms with Crippen molar-refractivity contribution in [3.8, 4) is 0 Å². The van der Waals surface area contributed by atoms with E-state index in [0.29, 0.717) is 0 Å². The summed E-state index contributed by atoms with van der Waals surface area (Å²) < 4.78 is 13.2. The van der Waals surface area contributed by atoms with Crippen LogP contribution in [-0.2, 0) is 6.42 Å². The standard InChI is InChI=1S/C16H13FN/c1-11-15(10-12-5-4-6-13(17)9-12)14-7-2-3-8-16(14)18-11/h2,4-9,18H,10H2,1H3. The van der Waals surface area contributed by atoms with Crippen molar-refractivity contribution < 1.29 is 4.39 Å². The summed E-state index contributed by atoms with van der Waals surface area (Å²) in [5.41, 5.74) is 4.44. The van der Waals surface area contributed by atoms with Gasteiger partial charge in [0.15, 0.2) is 0 Å². The Bertz CT molecular complexity index is 697. The van der Waals surface area contributed by atoms with Crippen molar-refractivity contribution in [2.45, 2.75) is 13.3 Å². The Hall–Kier alpha value is -2.09. The fourth-order valence-corrected chi connectivity index (χ4v) is 2.36. The Labute approximate surface area is 105 Å². The smallest absolute Gasteiger partial charge is 0.123 e. The van der Waals surface area contributed by atoms with Crippen molar-refractivity contribution in [2.75, 3.05) is 0 Å². The number of aromatic nitrogens is 1. The van der Waals surface area contributed by atoms with Crippen molar-refractivity contribution in [1.29, 1.82) is 0 Å². The zero-order valence-electron chi connectivity index (χ0n) is 10.1. The molecular weight excluding hydrogens is 225 g/mol. The third kappa shape index (κ3) is 1.90. The Balaban J connectivity index is 2.07. The Morgan fingerprint density at radius 1 is 1.28 bits per heavy atom. The predicted molar refractivity (Wildman–Crippen MR) is 71.1 cm³/mol. The largest absolute Gasteiger partial charge is 0.358 e. The molecule has 0 aliphatic rings. The summed E-state index contributed by atoms with van der Waals surface area (Å²) >= 11 is 0. The molecular formula is C16H13FN. The first-order chi connectivity index (χ1) is 8.74.